The summed E-state index contributed by atoms with van der Waals surface area (Å²) >= 11 is -0.826. The van der Waals surface area contributed by atoms with Gasteiger partial charge in [-0.1, -0.05) is 40.7 Å². The molecule has 0 atom stereocenters. The second-order valence-electron chi connectivity index (χ2n) is 6.46. The van der Waals surface area contributed by atoms with Crippen molar-refractivity contribution in [2.75, 3.05) is 6.54 Å². The van der Waals surface area contributed by atoms with Crippen LogP contribution >= 0.6 is 17.0 Å². The molecule has 1 aromatic rings. The van der Waals surface area contributed by atoms with Gasteiger partial charge in [-0.05, 0) is 29.9 Å². The first-order chi connectivity index (χ1) is 9.63. The summed E-state index contributed by atoms with van der Waals surface area (Å²) in [5.41, 5.74) is 2.90. The normalized spacial score (nSPS) is 11.5. The predicted molar refractivity (Wildman–Crippen MR) is 90.5 cm³/mol. The second kappa shape index (κ2) is 10.0. The third kappa shape index (κ3) is 8.38. The number of hydrogen-bond acceptors (Lipinski definition) is 2. The first kappa shape index (κ1) is 21.2. The summed E-state index contributed by atoms with van der Waals surface area (Å²) < 4.78 is 0. The van der Waals surface area contributed by atoms with Crippen LogP contribution in [0.5, 0.6) is 5.75 Å². The Morgan fingerprint density at radius 1 is 1.29 bits per heavy atom. The summed E-state index contributed by atoms with van der Waals surface area (Å²) in [6, 6.07) is 4.03. The van der Waals surface area contributed by atoms with Crippen LogP contribution in [-0.2, 0) is 26.3 Å². The van der Waals surface area contributed by atoms with Crippen molar-refractivity contribution in [3.05, 3.63) is 28.8 Å². The summed E-state index contributed by atoms with van der Waals surface area (Å²) in [6.45, 7) is 13.4. The Balaban J connectivity index is 0.00000122. The molecule has 0 fully saturated rings. The Kier molecular flexibility index (Phi) is 10.1. The maximum absolute atomic E-state index is 10.3. The fraction of sp³-hybridized carbons (Fsp3) is 0.562. The first-order valence-electron chi connectivity index (χ1n) is 6.93. The molecule has 1 aromatic carbocycles. The maximum atomic E-state index is 10.3. The molecule has 0 aromatic heterocycles. The number of hydrogen-bond donors (Lipinski definition) is 1. The number of nitrogens with zero attached hydrogens (tertiary/aromatic N) is 1. The Labute approximate surface area is 147 Å². The average molecular weight is 410 g/mol. The third-order valence-corrected chi connectivity index (χ3v) is 2.79. The molecule has 0 aliphatic rings. The third-order valence-electron chi connectivity index (χ3n) is 2.79. The summed E-state index contributed by atoms with van der Waals surface area (Å²) in [6.07, 6.45) is 1.79. The van der Waals surface area contributed by atoms with Crippen LogP contribution in [-0.4, -0.2) is 17.9 Å². The van der Waals surface area contributed by atoms with Crippen LogP contribution in [0.4, 0.5) is 0 Å². The number of rotatable bonds is 3. The average Bonchev–Trinajstić information content (AvgIpc) is 2.32. The van der Waals surface area contributed by atoms with Crippen LogP contribution in [0.3, 0.4) is 0 Å². The molecule has 118 valence electrons. The molecule has 2 nitrogen and oxygen atoms in total. The molecule has 0 aliphatic heterocycles. The van der Waals surface area contributed by atoms with E-state index in [1.54, 1.807) is 6.21 Å². The standard InChI is InChI=1S/C16H25NO.2ClH.Zr/c1-11(2)9-17-10-13-7-12(3)8-14(15(13)18)16(4,5)6;;;/h7-8,10-11,18H,9H2,1-6H3;2*1H;/q;;;+2/p-2. The monoisotopic (exact) mass is 407 g/mol. The van der Waals surface area contributed by atoms with Crippen LogP contribution < -0.4 is 0 Å². The topological polar surface area (TPSA) is 32.6 Å². The van der Waals surface area contributed by atoms with Gasteiger partial charge in [-0.25, -0.2) is 0 Å². The van der Waals surface area contributed by atoms with Gasteiger partial charge in [0.25, 0.3) is 0 Å². The van der Waals surface area contributed by atoms with Crippen molar-refractivity contribution in [2.45, 2.75) is 47.0 Å². The molecule has 0 bridgehead atoms. The number of phenolic OH excluding ortho intramolecular Hbond substituents is 1. The Morgan fingerprint density at radius 2 is 1.81 bits per heavy atom. The number of benzene rings is 1. The SMILES string of the molecule is Cc1cc(C=NCC(C)C)c(O)c(C(C)(C)C)c1.[Cl][Zr][Cl]. The molecular formula is C16H25Cl2NOZr. The fourth-order valence-electron chi connectivity index (χ4n) is 1.84. The second-order valence-corrected chi connectivity index (χ2v) is 10.2. The molecule has 0 unspecified atom stereocenters. The number of aromatic hydroxyl groups is 1. The molecule has 0 aliphatic carbocycles. The minimum absolute atomic E-state index is 0.0588. The van der Waals surface area contributed by atoms with Crippen LogP contribution in [0.25, 0.3) is 0 Å². The molecule has 5 heteroatoms. The van der Waals surface area contributed by atoms with Gasteiger partial charge in [0.1, 0.15) is 5.75 Å². The molecule has 0 saturated carbocycles. The number of aliphatic imine (C=N–C) groups is 1. The quantitative estimate of drug-likeness (QED) is 0.662. The molecular weight excluding hydrogens is 384 g/mol. The summed E-state index contributed by atoms with van der Waals surface area (Å²) in [4.78, 5) is 4.38. The number of aryl methyl sites for hydroxylation is 1. The van der Waals surface area contributed by atoms with Crippen molar-refractivity contribution in [3.8, 4) is 5.75 Å². The minimum atomic E-state index is -0.826. The van der Waals surface area contributed by atoms with Crippen molar-refractivity contribution in [3.63, 3.8) is 0 Å². The molecule has 0 amide bonds. The Bertz CT molecular complexity index is 468. The van der Waals surface area contributed by atoms with Gasteiger partial charge in [-0.2, -0.15) is 0 Å². The summed E-state index contributed by atoms with van der Waals surface area (Å²) in [7, 11) is 9.87. The van der Waals surface area contributed by atoms with Crippen LogP contribution in [0.15, 0.2) is 17.1 Å². The molecule has 0 heterocycles. The van der Waals surface area contributed by atoms with E-state index in [1.807, 2.05) is 6.07 Å². The van der Waals surface area contributed by atoms with Gasteiger partial charge < -0.3 is 5.11 Å². The molecule has 21 heavy (non-hydrogen) atoms. The van der Waals surface area contributed by atoms with Crippen LogP contribution in [0, 0.1) is 12.8 Å². The predicted octanol–water partition coefficient (Wildman–Crippen LogP) is 5.45. The van der Waals surface area contributed by atoms with Gasteiger partial charge in [0.05, 0.1) is 0 Å². The molecule has 0 radical (unpaired) electrons. The Hall–Kier alpha value is 0.153. The van der Waals surface area contributed by atoms with E-state index in [1.165, 1.54) is 0 Å². The molecule has 0 spiro atoms. The van der Waals surface area contributed by atoms with E-state index in [9.17, 15) is 5.11 Å². The zero-order chi connectivity index (χ0) is 16.6. The van der Waals surface area contributed by atoms with Gasteiger partial charge in [0, 0.05) is 23.9 Å². The summed E-state index contributed by atoms with van der Waals surface area (Å²) in [5, 5.41) is 10.3. The van der Waals surface area contributed by atoms with Crippen molar-refractivity contribution < 1.29 is 26.0 Å². The zero-order valence-electron chi connectivity index (χ0n) is 13.7. The first-order valence-corrected chi connectivity index (χ1v) is 13.3. The van der Waals surface area contributed by atoms with Gasteiger partial charge in [-0.15, -0.1) is 0 Å². The van der Waals surface area contributed by atoms with E-state index < -0.39 is 20.8 Å². The van der Waals surface area contributed by atoms with Crippen LogP contribution in [0.2, 0.25) is 0 Å². The van der Waals surface area contributed by atoms with E-state index in [4.69, 9.17) is 17.0 Å². The van der Waals surface area contributed by atoms with E-state index >= 15 is 0 Å². The van der Waals surface area contributed by atoms with Gasteiger partial charge in [-0.3, -0.25) is 4.99 Å². The van der Waals surface area contributed by atoms with Crippen LogP contribution in [0.1, 0.15) is 51.3 Å². The Morgan fingerprint density at radius 3 is 2.24 bits per heavy atom. The van der Waals surface area contributed by atoms with Crippen molar-refractivity contribution in [1.82, 2.24) is 0 Å². The van der Waals surface area contributed by atoms with E-state index in [0.29, 0.717) is 11.7 Å². The molecule has 1 rings (SSSR count). The number of halogens is 2. The van der Waals surface area contributed by atoms with E-state index in [-0.39, 0.29) is 5.41 Å². The summed E-state index contributed by atoms with van der Waals surface area (Å²) in [5.74, 6) is 0.899. The van der Waals surface area contributed by atoms with E-state index in [0.717, 1.165) is 23.2 Å². The van der Waals surface area contributed by atoms with Gasteiger partial charge >= 0.3 is 37.9 Å². The van der Waals surface area contributed by atoms with Crippen molar-refractivity contribution in [2.24, 2.45) is 10.9 Å². The van der Waals surface area contributed by atoms with Gasteiger partial charge in [0.2, 0.25) is 0 Å². The fourth-order valence-corrected chi connectivity index (χ4v) is 1.84. The molecule has 0 saturated heterocycles. The zero-order valence-corrected chi connectivity index (χ0v) is 17.6. The number of phenols is 1. The van der Waals surface area contributed by atoms with Gasteiger partial charge in [0.15, 0.2) is 0 Å². The van der Waals surface area contributed by atoms with E-state index in [2.05, 4.69) is 52.6 Å². The molecule has 1 N–H and O–H groups in total. The van der Waals surface area contributed by atoms with Crippen molar-refractivity contribution >= 4 is 23.2 Å². The van der Waals surface area contributed by atoms with Crippen molar-refractivity contribution in [1.29, 1.82) is 0 Å².